The molecule has 2 bridgehead atoms. The summed E-state index contributed by atoms with van der Waals surface area (Å²) in [6.07, 6.45) is 1.66. The number of hydroxylamine groups is 2. The highest BCUT2D eigenvalue weighted by Gasteiger charge is 2.75. The number of rotatable bonds is 13. The molecule has 0 unspecified atom stereocenters. The molecule has 8 atom stereocenters. The molecule has 1 saturated carbocycles. The first-order valence-electron chi connectivity index (χ1n) is 17.2. The van der Waals surface area contributed by atoms with Gasteiger partial charge < -0.3 is 44.1 Å². The molecule has 1 aromatic rings. The third-order valence-electron chi connectivity index (χ3n) is 9.85. The molecule has 15 heteroatoms. The van der Waals surface area contributed by atoms with Crippen molar-refractivity contribution < 1.29 is 57.9 Å². The maximum Gasteiger partial charge on any atom is 0.327 e. The van der Waals surface area contributed by atoms with Crippen LogP contribution in [0.15, 0.2) is 30.5 Å². The third-order valence-corrected chi connectivity index (χ3v) is 9.85. The quantitative estimate of drug-likeness (QED) is 0.149. The number of aliphatic hydroxyl groups excluding tert-OH is 2. The van der Waals surface area contributed by atoms with Crippen molar-refractivity contribution in [3.63, 3.8) is 0 Å². The number of esters is 2. The van der Waals surface area contributed by atoms with Crippen molar-refractivity contribution in [1.29, 1.82) is 0 Å². The molecule has 5 fully saturated rings. The lowest BCUT2D eigenvalue weighted by Gasteiger charge is -2.50. The van der Waals surface area contributed by atoms with E-state index in [1.807, 2.05) is 24.3 Å². The fourth-order valence-electron chi connectivity index (χ4n) is 7.72. The largest absolute Gasteiger partial charge is 0.499 e. The Bertz CT molecular complexity index is 1450. The Morgan fingerprint density at radius 3 is 2.62 bits per heavy atom. The highest BCUT2D eigenvalue weighted by molar-refractivity contribution is 5.96. The van der Waals surface area contributed by atoms with Crippen LogP contribution in [0.3, 0.4) is 0 Å². The van der Waals surface area contributed by atoms with E-state index in [0.717, 1.165) is 11.1 Å². The van der Waals surface area contributed by atoms with E-state index in [1.165, 1.54) is 16.2 Å². The summed E-state index contributed by atoms with van der Waals surface area (Å²) >= 11 is 0. The van der Waals surface area contributed by atoms with Gasteiger partial charge in [0.05, 0.1) is 32.1 Å². The van der Waals surface area contributed by atoms with E-state index in [2.05, 4.69) is 5.32 Å². The molecule has 0 aromatic heterocycles. The Labute approximate surface area is 290 Å². The molecular weight excluding hydrogens is 654 g/mol. The van der Waals surface area contributed by atoms with Crippen LogP contribution >= 0.6 is 0 Å². The van der Waals surface area contributed by atoms with Gasteiger partial charge >= 0.3 is 11.9 Å². The summed E-state index contributed by atoms with van der Waals surface area (Å²) in [6, 6.07) is 4.83. The zero-order valence-corrected chi connectivity index (χ0v) is 28.7. The Morgan fingerprint density at radius 1 is 1.14 bits per heavy atom. The number of hydrogen-bond acceptors (Lipinski definition) is 13. The van der Waals surface area contributed by atoms with Crippen molar-refractivity contribution in [3.05, 3.63) is 41.7 Å². The number of carbonyl (C=O) groups excluding carboxylic acids is 4. The summed E-state index contributed by atoms with van der Waals surface area (Å²) in [5.74, 6) is -1.87. The van der Waals surface area contributed by atoms with E-state index in [0.29, 0.717) is 19.4 Å². The number of carbonyl (C=O) groups is 4. The Balaban J connectivity index is 1.21. The molecule has 1 aromatic carbocycles. The lowest BCUT2D eigenvalue weighted by molar-refractivity contribution is -0.204. The number of nitrogens with zero attached hydrogens (tertiary/aromatic N) is 2. The van der Waals surface area contributed by atoms with E-state index >= 15 is 0 Å². The van der Waals surface area contributed by atoms with Crippen molar-refractivity contribution in [2.24, 2.45) is 5.41 Å². The number of ether oxygens (including phenoxy) is 5. The van der Waals surface area contributed by atoms with Crippen molar-refractivity contribution in [2.75, 3.05) is 33.2 Å². The van der Waals surface area contributed by atoms with E-state index in [9.17, 15) is 24.3 Å². The van der Waals surface area contributed by atoms with Crippen LogP contribution in [0.4, 0.5) is 0 Å². The van der Waals surface area contributed by atoms with Gasteiger partial charge in [-0.2, -0.15) is 5.06 Å². The predicted octanol–water partition coefficient (Wildman–Crippen LogP) is 0.798. The van der Waals surface area contributed by atoms with Crippen LogP contribution in [0.2, 0.25) is 0 Å². The first-order chi connectivity index (χ1) is 23.9. The number of amides is 2. The Morgan fingerprint density at radius 2 is 1.90 bits per heavy atom. The van der Waals surface area contributed by atoms with Gasteiger partial charge in [-0.1, -0.05) is 24.3 Å². The molecule has 4 aliphatic heterocycles. The van der Waals surface area contributed by atoms with Crippen LogP contribution in [-0.4, -0.2) is 125 Å². The van der Waals surface area contributed by atoms with Crippen LogP contribution in [0.1, 0.15) is 64.0 Å². The number of fused-ring (bicyclic) bond motifs is 4. The first kappa shape index (κ1) is 36.2. The molecule has 5 aliphatic rings. The van der Waals surface area contributed by atoms with E-state index < -0.39 is 78.0 Å². The minimum atomic E-state index is -1.41. The van der Waals surface area contributed by atoms with Gasteiger partial charge in [0.1, 0.15) is 54.9 Å². The molecule has 0 radical (unpaired) electrons. The number of hydrogen-bond donors (Lipinski definition) is 3. The van der Waals surface area contributed by atoms with Crippen LogP contribution in [0.5, 0.6) is 0 Å². The maximum atomic E-state index is 14.9. The Hall–Kier alpha value is -3.60. The van der Waals surface area contributed by atoms with Crippen LogP contribution in [-0.2, 0) is 54.2 Å². The molecule has 15 nitrogen and oxygen atoms in total. The third kappa shape index (κ3) is 7.25. The smallest absolute Gasteiger partial charge is 0.327 e. The molecule has 6 rings (SSSR count). The molecule has 0 spiro atoms. The SMILES string of the molecule is CC(C)(C)OC(=O)CC[C@@H](CO)NC(=O)[C@H]1CCCN1C(=O)[C@@]12C[C@H]3OC(=O)[C@@H]1N(Cc1ccc(C=COCCO)cc1)O[C@@H]2[C@H]1OCO[C@H]13. The molecular formula is C35H47N3O12. The maximum absolute atomic E-state index is 14.9. The van der Waals surface area contributed by atoms with Gasteiger partial charge in [-0.3, -0.25) is 24.0 Å². The summed E-state index contributed by atoms with van der Waals surface area (Å²) < 4.78 is 28.2. The van der Waals surface area contributed by atoms with Crippen molar-refractivity contribution in [2.45, 2.75) is 108 Å². The molecule has 274 valence electrons. The molecule has 2 amide bonds. The second-order valence-electron chi connectivity index (χ2n) is 14.4. The number of benzene rings is 1. The zero-order chi connectivity index (χ0) is 35.6. The van der Waals surface area contributed by atoms with Crippen molar-refractivity contribution >= 4 is 29.8 Å². The molecule has 4 heterocycles. The van der Waals surface area contributed by atoms with E-state index in [1.54, 1.807) is 26.8 Å². The number of nitrogens with one attached hydrogen (secondary N) is 1. The average molecular weight is 702 g/mol. The summed E-state index contributed by atoms with van der Waals surface area (Å²) in [4.78, 5) is 62.7. The van der Waals surface area contributed by atoms with Gasteiger partial charge in [-0.15, -0.1) is 0 Å². The summed E-state index contributed by atoms with van der Waals surface area (Å²) in [5, 5.41) is 23.2. The van der Waals surface area contributed by atoms with E-state index in [4.69, 9.17) is 33.6 Å². The van der Waals surface area contributed by atoms with Gasteiger partial charge in [0.15, 0.2) is 6.04 Å². The topological polar surface area (TPSA) is 183 Å². The summed E-state index contributed by atoms with van der Waals surface area (Å²) in [5.41, 5.74) is -0.386. The lowest BCUT2D eigenvalue weighted by atomic mass is 9.62. The van der Waals surface area contributed by atoms with Crippen molar-refractivity contribution in [1.82, 2.24) is 15.3 Å². The standard InChI is InChI=1S/C35H47N3O12/c1-34(2,3)49-26(41)11-10-23(19-40)36-31(42)24-5-4-13-37(24)33(44)35-17-25-27-28(47-20-46-27)30(35)50-38(29(35)32(43)48-25)18-22-8-6-21(7-9-22)12-15-45-16-14-39/h6-9,12,15,23-25,27-30,39-40H,4-5,10-11,13-14,16-20H2,1-3H3,(H,36,42)/t23-,24+,25+,27-,28-,29-,30+,35-/m0/s1. The predicted molar refractivity (Wildman–Crippen MR) is 173 cm³/mol. The van der Waals surface area contributed by atoms with Crippen molar-refractivity contribution in [3.8, 4) is 0 Å². The summed E-state index contributed by atoms with van der Waals surface area (Å²) in [7, 11) is 0. The van der Waals surface area contributed by atoms with E-state index in [-0.39, 0.29) is 51.7 Å². The molecule has 4 saturated heterocycles. The average Bonchev–Trinajstić information content (AvgIpc) is 3.83. The second-order valence-corrected chi connectivity index (χ2v) is 14.4. The minimum Gasteiger partial charge on any atom is -0.499 e. The normalized spacial score (nSPS) is 31.0. The van der Waals surface area contributed by atoms with Gasteiger partial charge in [0.25, 0.3) is 0 Å². The first-order valence-corrected chi connectivity index (χ1v) is 17.2. The fourth-order valence-corrected chi connectivity index (χ4v) is 7.72. The monoisotopic (exact) mass is 701 g/mol. The minimum absolute atomic E-state index is 0.00231. The van der Waals surface area contributed by atoms with Crippen LogP contribution in [0.25, 0.3) is 6.08 Å². The highest BCUT2D eigenvalue weighted by Crippen LogP contribution is 2.56. The number of likely N-dealkylation sites (tertiary alicyclic amines) is 1. The highest BCUT2D eigenvalue weighted by atomic mass is 16.8. The summed E-state index contributed by atoms with van der Waals surface area (Å²) in [6.45, 7) is 5.44. The molecule has 50 heavy (non-hydrogen) atoms. The van der Waals surface area contributed by atoms with Crippen LogP contribution in [0, 0.1) is 5.41 Å². The molecule has 1 aliphatic carbocycles. The molecule has 3 N–H and O–H groups in total. The van der Waals surface area contributed by atoms with Gasteiger partial charge in [0, 0.05) is 19.4 Å². The van der Waals surface area contributed by atoms with Crippen LogP contribution < -0.4 is 5.32 Å². The number of aliphatic hydroxyl groups is 2. The van der Waals surface area contributed by atoms with Gasteiger partial charge in [-0.25, -0.2) is 0 Å². The lowest BCUT2D eigenvalue weighted by Crippen LogP contribution is -2.70. The van der Waals surface area contributed by atoms with Gasteiger partial charge in [0.2, 0.25) is 11.8 Å². The Kier molecular flexibility index (Phi) is 10.8. The van der Waals surface area contributed by atoms with Gasteiger partial charge in [-0.05, 0) is 57.2 Å². The second kappa shape index (κ2) is 14.9. The zero-order valence-electron chi connectivity index (χ0n) is 28.7. The fraction of sp³-hybridized carbons (Fsp3) is 0.657.